The van der Waals surface area contributed by atoms with Crippen molar-refractivity contribution in [1.29, 1.82) is 0 Å². The van der Waals surface area contributed by atoms with E-state index in [4.69, 9.17) is 5.73 Å². The van der Waals surface area contributed by atoms with Crippen LogP contribution >= 0.6 is 0 Å². The lowest BCUT2D eigenvalue weighted by atomic mass is 10.1. The molecule has 5 heteroatoms. The molecule has 0 atom stereocenters. The molecule has 0 bridgehead atoms. The summed E-state index contributed by atoms with van der Waals surface area (Å²) in [6.45, 7) is 4.27. The average molecular weight is 268 g/mol. The van der Waals surface area contributed by atoms with E-state index >= 15 is 0 Å². The van der Waals surface area contributed by atoms with E-state index in [1.54, 1.807) is 12.1 Å². The minimum Gasteiger partial charge on any atom is -0.398 e. The van der Waals surface area contributed by atoms with E-state index < -0.39 is 10.0 Å². The van der Waals surface area contributed by atoms with E-state index in [2.05, 4.69) is 4.72 Å². The first-order valence-corrected chi connectivity index (χ1v) is 7.48. The van der Waals surface area contributed by atoms with Gasteiger partial charge in [0.05, 0.1) is 4.90 Å². The number of hydrogen-bond acceptors (Lipinski definition) is 3. The molecule has 1 rings (SSSR count). The van der Waals surface area contributed by atoms with Crippen LogP contribution in [0.3, 0.4) is 0 Å². The minimum atomic E-state index is -3.45. The van der Waals surface area contributed by atoms with Crippen molar-refractivity contribution in [2.45, 2.75) is 31.6 Å². The number of aryl methyl sites for hydroxylation is 1. The zero-order chi connectivity index (χ0) is 13.6. The van der Waals surface area contributed by atoms with Gasteiger partial charge in [0.25, 0.3) is 0 Å². The van der Waals surface area contributed by atoms with Crippen molar-refractivity contribution < 1.29 is 8.42 Å². The molecule has 0 spiro atoms. The number of sulfonamides is 1. The number of nitrogens with one attached hydrogen (secondary N) is 1. The number of rotatable bonds is 6. The Morgan fingerprint density at radius 2 is 2.11 bits per heavy atom. The first kappa shape index (κ1) is 14.7. The molecule has 0 saturated carbocycles. The molecule has 1 aromatic carbocycles. The third kappa shape index (κ3) is 3.85. The summed E-state index contributed by atoms with van der Waals surface area (Å²) in [4.78, 5) is 0.220. The minimum absolute atomic E-state index is 0.220. The van der Waals surface area contributed by atoms with Gasteiger partial charge in [0.15, 0.2) is 0 Å². The van der Waals surface area contributed by atoms with Crippen molar-refractivity contribution in [3.8, 4) is 0 Å². The molecule has 100 valence electrons. The highest BCUT2D eigenvalue weighted by atomic mass is 32.2. The molecule has 0 unspecified atom stereocenters. The van der Waals surface area contributed by atoms with Crippen molar-refractivity contribution in [3.63, 3.8) is 0 Å². The number of hydrogen-bond donors (Lipinski definition) is 2. The number of allylic oxidation sites excluding steroid dienone is 1. The second-order valence-corrected chi connectivity index (χ2v) is 5.74. The SMILES string of the molecule is C/C=C/CCNS(=O)(=O)c1ccc(CC)c(N)c1. The summed E-state index contributed by atoms with van der Waals surface area (Å²) in [5.74, 6) is 0. The molecule has 18 heavy (non-hydrogen) atoms. The molecule has 0 aliphatic heterocycles. The molecule has 0 aromatic heterocycles. The van der Waals surface area contributed by atoms with E-state index in [-0.39, 0.29) is 4.90 Å². The molecule has 1 aromatic rings. The van der Waals surface area contributed by atoms with Crippen molar-refractivity contribution in [2.75, 3.05) is 12.3 Å². The van der Waals surface area contributed by atoms with Crippen molar-refractivity contribution in [1.82, 2.24) is 4.72 Å². The fourth-order valence-corrected chi connectivity index (χ4v) is 2.67. The first-order chi connectivity index (χ1) is 8.51. The number of benzene rings is 1. The molecular formula is C13H20N2O2S. The topological polar surface area (TPSA) is 72.2 Å². The first-order valence-electron chi connectivity index (χ1n) is 6.00. The Hall–Kier alpha value is -1.33. The van der Waals surface area contributed by atoms with Crippen LogP contribution in [0.15, 0.2) is 35.2 Å². The number of nitrogens with two attached hydrogens (primary N) is 1. The van der Waals surface area contributed by atoms with E-state index in [1.807, 2.05) is 26.0 Å². The van der Waals surface area contributed by atoms with E-state index in [9.17, 15) is 8.42 Å². The van der Waals surface area contributed by atoms with Crippen LogP contribution in [-0.2, 0) is 16.4 Å². The Labute approximate surface area is 109 Å². The maximum absolute atomic E-state index is 12.0. The molecule has 3 N–H and O–H groups in total. The van der Waals surface area contributed by atoms with Crippen LogP contribution in [0.4, 0.5) is 5.69 Å². The van der Waals surface area contributed by atoms with Gasteiger partial charge < -0.3 is 5.73 Å². The summed E-state index contributed by atoms with van der Waals surface area (Å²) in [7, 11) is -3.45. The average Bonchev–Trinajstić information content (AvgIpc) is 2.34. The fourth-order valence-electron chi connectivity index (χ4n) is 1.59. The second kappa shape index (κ2) is 6.56. The number of nitrogen functional groups attached to an aromatic ring is 1. The second-order valence-electron chi connectivity index (χ2n) is 3.97. The summed E-state index contributed by atoms with van der Waals surface area (Å²) in [5, 5.41) is 0. The highest BCUT2D eigenvalue weighted by molar-refractivity contribution is 7.89. The van der Waals surface area contributed by atoms with Crippen molar-refractivity contribution in [2.24, 2.45) is 0 Å². The van der Waals surface area contributed by atoms with Crippen LogP contribution < -0.4 is 10.5 Å². The van der Waals surface area contributed by atoms with E-state index in [1.165, 1.54) is 6.07 Å². The Morgan fingerprint density at radius 1 is 1.39 bits per heavy atom. The van der Waals surface area contributed by atoms with Crippen LogP contribution in [0.1, 0.15) is 25.8 Å². The largest absolute Gasteiger partial charge is 0.398 e. The monoisotopic (exact) mass is 268 g/mol. The standard InChI is InChI=1S/C13H20N2O2S/c1-3-5-6-9-15-18(16,17)12-8-7-11(4-2)13(14)10-12/h3,5,7-8,10,15H,4,6,9,14H2,1-2H3/b5-3+. The van der Waals surface area contributed by atoms with Gasteiger partial charge in [0, 0.05) is 12.2 Å². The van der Waals surface area contributed by atoms with Crippen LogP contribution in [0.5, 0.6) is 0 Å². The summed E-state index contributed by atoms with van der Waals surface area (Å²) in [5.41, 5.74) is 7.28. The predicted molar refractivity (Wildman–Crippen MR) is 74.9 cm³/mol. The highest BCUT2D eigenvalue weighted by Gasteiger charge is 2.13. The van der Waals surface area contributed by atoms with Crippen molar-refractivity contribution >= 4 is 15.7 Å². The molecule has 0 saturated heterocycles. The quantitative estimate of drug-likeness (QED) is 0.471. The van der Waals surface area contributed by atoms with E-state index in [0.717, 1.165) is 12.0 Å². The zero-order valence-electron chi connectivity index (χ0n) is 10.8. The Balaban J connectivity index is 2.82. The molecular weight excluding hydrogens is 248 g/mol. The summed E-state index contributed by atoms with van der Waals surface area (Å²) in [6.07, 6.45) is 5.28. The van der Waals surface area contributed by atoms with Gasteiger partial charge >= 0.3 is 0 Å². The molecule has 0 heterocycles. The van der Waals surface area contributed by atoms with Crippen molar-refractivity contribution in [3.05, 3.63) is 35.9 Å². The Morgan fingerprint density at radius 3 is 2.67 bits per heavy atom. The van der Waals surface area contributed by atoms with Gasteiger partial charge in [-0.1, -0.05) is 25.1 Å². The van der Waals surface area contributed by atoms with Crippen LogP contribution in [0.25, 0.3) is 0 Å². The Kier molecular flexibility index (Phi) is 5.37. The van der Waals surface area contributed by atoms with E-state index in [0.29, 0.717) is 18.7 Å². The third-order valence-corrected chi connectivity index (χ3v) is 4.11. The normalized spacial score (nSPS) is 12.1. The summed E-state index contributed by atoms with van der Waals surface area (Å²) < 4.78 is 26.5. The lowest BCUT2D eigenvalue weighted by Gasteiger charge is -2.08. The van der Waals surface area contributed by atoms with Crippen LogP contribution in [-0.4, -0.2) is 15.0 Å². The van der Waals surface area contributed by atoms with Crippen LogP contribution in [0, 0.1) is 0 Å². The van der Waals surface area contributed by atoms with Gasteiger partial charge in [0.2, 0.25) is 10.0 Å². The predicted octanol–water partition coefficient (Wildman–Crippen LogP) is 2.08. The van der Waals surface area contributed by atoms with Gasteiger partial charge in [-0.25, -0.2) is 13.1 Å². The molecule has 0 aliphatic rings. The Bertz CT molecular complexity index is 522. The fraction of sp³-hybridized carbons (Fsp3) is 0.385. The van der Waals surface area contributed by atoms with Gasteiger partial charge in [-0.3, -0.25) is 0 Å². The van der Waals surface area contributed by atoms with Crippen LogP contribution in [0.2, 0.25) is 0 Å². The molecule has 4 nitrogen and oxygen atoms in total. The molecule has 0 aliphatic carbocycles. The zero-order valence-corrected chi connectivity index (χ0v) is 11.6. The number of anilines is 1. The summed E-state index contributed by atoms with van der Waals surface area (Å²) in [6, 6.07) is 4.86. The van der Waals surface area contributed by atoms with Gasteiger partial charge in [-0.05, 0) is 37.5 Å². The lowest BCUT2D eigenvalue weighted by molar-refractivity contribution is 0.582. The molecule has 0 fully saturated rings. The smallest absolute Gasteiger partial charge is 0.240 e. The van der Waals surface area contributed by atoms with Gasteiger partial charge in [-0.15, -0.1) is 0 Å². The third-order valence-electron chi connectivity index (χ3n) is 2.65. The maximum Gasteiger partial charge on any atom is 0.240 e. The highest BCUT2D eigenvalue weighted by Crippen LogP contribution is 2.18. The van der Waals surface area contributed by atoms with Gasteiger partial charge in [-0.2, -0.15) is 0 Å². The lowest BCUT2D eigenvalue weighted by Crippen LogP contribution is -2.24. The molecule has 0 radical (unpaired) electrons. The van der Waals surface area contributed by atoms with Gasteiger partial charge in [0.1, 0.15) is 0 Å². The molecule has 0 amide bonds. The summed E-state index contributed by atoms with van der Waals surface area (Å²) >= 11 is 0. The maximum atomic E-state index is 12.0.